The second-order valence-electron chi connectivity index (χ2n) is 2.79. The normalized spacial score (nSPS) is 20.6. The highest BCUT2D eigenvalue weighted by atomic mass is 16.6. The second-order valence-corrected chi connectivity index (χ2v) is 2.79. The van der Waals surface area contributed by atoms with Crippen molar-refractivity contribution >= 4 is 0 Å². The fourth-order valence-corrected chi connectivity index (χ4v) is 1.26. The molecule has 1 aromatic carbocycles. The molecule has 0 aliphatic carbocycles. The third kappa shape index (κ3) is 1.43. The monoisotopic (exact) mass is 164 g/mol. The van der Waals surface area contributed by atoms with Crippen LogP contribution in [0.2, 0.25) is 0 Å². The van der Waals surface area contributed by atoms with Gasteiger partial charge in [-0.15, -0.1) is 0 Å². The van der Waals surface area contributed by atoms with Crippen LogP contribution in [0.1, 0.15) is 18.6 Å². The Balaban J connectivity index is 2.24. The molecule has 0 aromatic heterocycles. The predicted molar refractivity (Wildman–Crippen MR) is 46.3 cm³/mol. The molecule has 0 saturated carbocycles. The molecule has 1 heterocycles. The third-order valence-electron chi connectivity index (χ3n) is 1.90. The van der Waals surface area contributed by atoms with Crippen molar-refractivity contribution in [2.45, 2.75) is 13.0 Å². The lowest BCUT2D eigenvalue weighted by molar-refractivity contribution is 0.329. The molecule has 0 spiro atoms. The van der Waals surface area contributed by atoms with Crippen LogP contribution in [0.15, 0.2) is 24.3 Å². The van der Waals surface area contributed by atoms with Gasteiger partial charge in [-0.05, 0) is 13.0 Å². The summed E-state index contributed by atoms with van der Waals surface area (Å²) in [5.74, 6) is 0.961. The van der Waals surface area contributed by atoms with Crippen molar-refractivity contribution in [2.75, 3.05) is 13.2 Å². The van der Waals surface area contributed by atoms with Crippen molar-refractivity contribution in [2.24, 2.45) is 0 Å². The molecule has 12 heavy (non-hydrogen) atoms. The largest absolute Gasteiger partial charge is 0.493 e. The van der Waals surface area contributed by atoms with Gasteiger partial charge in [0.2, 0.25) is 0 Å². The minimum absolute atomic E-state index is 0.285. The van der Waals surface area contributed by atoms with Crippen LogP contribution in [0.5, 0.6) is 5.75 Å². The van der Waals surface area contributed by atoms with E-state index in [4.69, 9.17) is 9.47 Å². The molecule has 0 radical (unpaired) electrons. The molecular formula is C10H12O2. The highest BCUT2D eigenvalue weighted by Gasteiger charge is 2.27. The topological polar surface area (TPSA) is 21.8 Å². The van der Waals surface area contributed by atoms with E-state index in [1.54, 1.807) is 0 Å². The van der Waals surface area contributed by atoms with E-state index in [1.807, 2.05) is 25.1 Å². The SMILES string of the molecule is CCOc1ccccc1[C@@H]1CO1. The minimum Gasteiger partial charge on any atom is -0.493 e. The van der Waals surface area contributed by atoms with Crippen LogP contribution < -0.4 is 4.74 Å². The Kier molecular flexibility index (Phi) is 2.00. The lowest BCUT2D eigenvalue weighted by atomic mass is 10.1. The van der Waals surface area contributed by atoms with Gasteiger partial charge in [-0.3, -0.25) is 0 Å². The van der Waals surface area contributed by atoms with Crippen molar-refractivity contribution in [3.63, 3.8) is 0 Å². The van der Waals surface area contributed by atoms with Crippen LogP contribution in [0.4, 0.5) is 0 Å². The molecule has 2 heteroatoms. The maximum Gasteiger partial charge on any atom is 0.125 e. The molecule has 0 amide bonds. The van der Waals surface area contributed by atoms with E-state index in [0.29, 0.717) is 6.61 Å². The van der Waals surface area contributed by atoms with E-state index < -0.39 is 0 Å². The van der Waals surface area contributed by atoms with Gasteiger partial charge in [0.25, 0.3) is 0 Å². The van der Waals surface area contributed by atoms with Crippen LogP contribution >= 0.6 is 0 Å². The molecule has 1 aromatic rings. The van der Waals surface area contributed by atoms with Gasteiger partial charge in [-0.25, -0.2) is 0 Å². The number of hydrogen-bond donors (Lipinski definition) is 0. The van der Waals surface area contributed by atoms with E-state index in [9.17, 15) is 0 Å². The zero-order valence-corrected chi connectivity index (χ0v) is 7.12. The summed E-state index contributed by atoms with van der Waals surface area (Å²) < 4.78 is 10.7. The molecule has 1 fully saturated rings. The fraction of sp³-hybridized carbons (Fsp3) is 0.400. The van der Waals surface area contributed by atoms with Gasteiger partial charge >= 0.3 is 0 Å². The Morgan fingerprint density at radius 3 is 2.92 bits per heavy atom. The molecular weight excluding hydrogens is 152 g/mol. The Morgan fingerprint density at radius 2 is 2.25 bits per heavy atom. The molecule has 2 rings (SSSR count). The van der Waals surface area contributed by atoms with Crippen molar-refractivity contribution in [1.82, 2.24) is 0 Å². The number of hydrogen-bond acceptors (Lipinski definition) is 2. The Bertz CT molecular complexity index is 266. The molecule has 1 aliphatic heterocycles. The van der Waals surface area contributed by atoms with Gasteiger partial charge in [-0.1, -0.05) is 18.2 Å². The van der Waals surface area contributed by atoms with E-state index in [1.165, 1.54) is 5.56 Å². The first-order valence-corrected chi connectivity index (χ1v) is 4.25. The zero-order chi connectivity index (χ0) is 8.39. The highest BCUT2D eigenvalue weighted by molar-refractivity contribution is 5.36. The number of para-hydroxylation sites is 1. The average molecular weight is 164 g/mol. The Labute approximate surface area is 72.1 Å². The van der Waals surface area contributed by atoms with Gasteiger partial charge in [0, 0.05) is 5.56 Å². The van der Waals surface area contributed by atoms with E-state index in [2.05, 4.69) is 6.07 Å². The number of epoxide rings is 1. The van der Waals surface area contributed by atoms with E-state index in [0.717, 1.165) is 12.4 Å². The van der Waals surface area contributed by atoms with Crippen molar-refractivity contribution in [3.05, 3.63) is 29.8 Å². The number of benzene rings is 1. The van der Waals surface area contributed by atoms with Crippen LogP contribution in [0, 0.1) is 0 Å². The molecule has 1 saturated heterocycles. The number of ether oxygens (including phenoxy) is 2. The molecule has 1 atom stereocenters. The predicted octanol–water partition coefficient (Wildman–Crippen LogP) is 2.16. The molecule has 0 bridgehead atoms. The number of rotatable bonds is 3. The van der Waals surface area contributed by atoms with E-state index in [-0.39, 0.29) is 6.10 Å². The average Bonchev–Trinajstić information content (AvgIpc) is 2.89. The first-order valence-electron chi connectivity index (χ1n) is 4.25. The summed E-state index contributed by atoms with van der Waals surface area (Å²) in [6.45, 7) is 3.54. The van der Waals surface area contributed by atoms with Gasteiger partial charge in [0.05, 0.1) is 13.2 Å². The van der Waals surface area contributed by atoms with Crippen molar-refractivity contribution in [1.29, 1.82) is 0 Å². The Hall–Kier alpha value is -1.02. The van der Waals surface area contributed by atoms with Gasteiger partial charge in [0.1, 0.15) is 11.9 Å². The molecule has 0 N–H and O–H groups in total. The zero-order valence-electron chi connectivity index (χ0n) is 7.12. The smallest absolute Gasteiger partial charge is 0.125 e. The second kappa shape index (κ2) is 3.15. The van der Waals surface area contributed by atoms with Gasteiger partial charge < -0.3 is 9.47 Å². The summed E-state index contributed by atoms with van der Waals surface area (Å²) in [6.07, 6.45) is 0.285. The quantitative estimate of drug-likeness (QED) is 0.638. The standard InChI is InChI=1S/C10H12O2/c1-2-11-9-6-4-3-5-8(9)10-7-12-10/h3-6,10H,2,7H2,1H3/t10-/m0/s1. The van der Waals surface area contributed by atoms with Gasteiger partial charge in [-0.2, -0.15) is 0 Å². The van der Waals surface area contributed by atoms with Crippen molar-refractivity contribution < 1.29 is 9.47 Å². The van der Waals surface area contributed by atoms with Crippen LogP contribution in [-0.2, 0) is 4.74 Å². The maximum atomic E-state index is 5.46. The summed E-state index contributed by atoms with van der Waals surface area (Å²) in [5, 5.41) is 0. The van der Waals surface area contributed by atoms with E-state index >= 15 is 0 Å². The summed E-state index contributed by atoms with van der Waals surface area (Å²) >= 11 is 0. The first kappa shape index (κ1) is 7.62. The summed E-state index contributed by atoms with van der Waals surface area (Å²) in [5.41, 5.74) is 1.18. The summed E-state index contributed by atoms with van der Waals surface area (Å²) in [6, 6.07) is 8.04. The maximum absolute atomic E-state index is 5.46. The highest BCUT2D eigenvalue weighted by Crippen LogP contribution is 2.35. The summed E-state index contributed by atoms with van der Waals surface area (Å²) in [4.78, 5) is 0. The fourth-order valence-electron chi connectivity index (χ4n) is 1.26. The molecule has 64 valence electrons. The molecule has 0 unspecified atom stereocenters. The summed E-state index contributed by atoms with van der Waals surface area (Å²) in [7, 11) is 0. The van der Waals surface area contributed by atoms with Crippen LogP contribution in [-0.4, -0.2) is 13.2 Å². The van der Waals surface area contributed by atoms with Crippen LogP contribution in [0.3, 0.4) is 0 Å². The minimum atomic E-state index is 0.285. The lowest BCUT2D eigenvalue weighted by Crippen LogP contribution is -1.95. The van der Waals surface area contributed by atoms with Crippen LogP contribution in [0.25, 0.3) is 0 Å². The molecule has 1 aliphatic rings. The lowest BCUT2D eigenvalue weighted by Gasteiger charge is -2.06. The van der Waals surface area contributed by atoms with Gasteiger partial charge in [0.15, 0.2) is 0 Å². The first-order chi connectivity index (χ1) is 5.92. The Morgan fingerprint density at radius 1 is 1.50 bits per heavy atom. The molecule has 2 nitrogen and oxygen atoms in total. The van der Waals surface area contributed by atoms with Crippen molar-refractivity contribution in [3.8, 4) is 5.75 Å². The third-order valence-corrected chi connectivity index (χ3v) is 1.90.